The molecule has 2 aromatic rings. The Kier molecular flexibility index (Phi) is 4.66. The zero-order valence-corrected chi connectivity index (χ0v) is 13.9. The summed E-state index contributed by atoms with van der Waals surface area (Å²) in [6.45, 7) is 6.92. The summed E-state index contributed by atoms with van der Waals surface area (Å²) in [5.41, 5.74) is 9.50. The summed E-state index contributed by atoms with van der Waals surface area (Å²) in [6, 6.07) is 8.78. The van der Waals surface area contributed by atoms with Gasteiger partial charge in [0, 0.05) is 26.5 Å². The van der Waals surface area contributed by atoms with Crippen LogP contribution in [0.3, 0.4) is 0 Å². The molecule has 1 aromatic heterocycles. The lowest BCUT2D eigenvalue weighted by Crippen LogP contribution is -2.19. The van der Waals surface area contributed by atoms with E-state index >= 15 is 0 Å². The molecule has 0 aliphatic heterocycles. The van der Waals surface area contributed by atoms with Crippen molar-refractivity contribution in [3.63, 3.8) is 0 Å². The van der Waals surface area contributed by atoms with Crippen LogP contribution < -0.4 is 11.1 Å². The first-order valence-corrected chi connectivity index (χ1v) is 7.92. The number of nitrogens with one attached hydrogen (secondary N) is 1. The van der Waals surface area contributed by atoms with Gasteiger partial charge >= 0.3 is 0 Å². The third-order valence-electron chi connectivity index (χ3n) is 3.12. The third kappa shape index (κ3) is 3.38. The Labute approximate surface area is 127 Å². The quantitative estimate of drug-likeness (QED) is 0.858. The van der Waals surface area contributed by atoms with Crippen LogP contribution in [0.2, 0.25) is 0 Å². The highest BCUT2D eigenvalue weighted by Crippen LogP contribution is 2.29. The van der Waals surface area contributed by atoms with Gasteiger partial charge in [0.15, 0.2) is 0 Å². The van der Waals surface area contributed by atoms with Crippen LogP contribution in [0.15, 0.2) is 28.7 Å². The molecule has 1 unspecified atom stereocenters. The van der Waals surface area contributed by atoms with Crippen LogP contribution >= 0.6 is 27.3 Å². The molecule has 1 aromatic carbocycles. The average Bonchev–Trinajstić information content (AvgIpc) is 2.79. The number of rotatable bonds is 4. The molecule has 0 amide bonds. The highest BCUT2D eigenvalue weighted by atomic mass is 79.9. The van der Waals surface area contributed by atoms with Crippen molar-refractivity contribution in [1.82, 2.24) is 0 Å². The molecule has 1 atom stereocenters. The van der Waals surface area contributed by atoms with Crippen LogP contribution in [0.25, 0.3) is 0 Å². The standard InChI is InChI=1S/C15H19BrN2S/c1-9-6-12(7-10(2)15(9)16)18-13(8-17)14-5-4-11(3)19-14/h4-7,13,18H,8,17H2,1-3H3. The largest absolute Gasteiger partial charge is 0.376 e. The lowest BCUT2D eigenvalue weighted by Gasteiger charge is -2.18. The van der Waals surface area contributed by atoms with Gasteiger partial charge in [-0.25, -0.2) is 0 Å². The number of halogens is 1. The summed E-state index contributed by atoms with van der Waals surface area (Å²) in [6.07, 6.45) is 0. The van der Waals surface area contributed by atoms with Gasteiger partial charge in [-0.15, -0.1) is 11.3 Å². The minimum absolute atomic E-state index is 0.179. The first-order valence-electron chi connectivity index (χ1n) is 6.31. The van der Waals surface area contributed by atoms with Crippen molar-refractivity contribution in [2.45, 2.75) is 26.8 Å². The smallest absolute Gasteiger partial charge is 0.0728 e. The van der Waals surface area contributed by atoms with Gasteiger partial charge in [-0.05, 0) is 56.2 Å². The first-order chi connectivity index (χ1) is 9.01. The van der Waals surface area contributed by atoms with Gasteiger partial charge in [-0.2, -0.15) is 0 Å². The molecule has 0 bridgehead atoms. The lowest BCUT2D eigenvalue weighted by atomic mass is 10.1. The van der Waals surface area contributed by atoms with Crippen LogP contribution in [0.5, 0.6) is 0 Å². The fourth-order valence-corrected chi connectivity index (χ4v) is 3.29. The maximum atomic E-state index is 5.90. The molecule has 0 saturated heterocycles. The Morgan fingerprint density at radius 1 is 1.21 bits per heavy atom. The van der Waals surface area contributed by atoms with Crippen molar-refractivity contribution < 1.29 is 0 Å². The lowest BCUT2D eigenvalue weighted by molar-refractivity contribution is 0.805. The molecule has 4 heteroatoms. The highest BCUT2D eigenvalue weighted by molar-refractivity contribution is 9.10. The highest BCUT2D eigenvalue weighted by Gasteiger charge is 2.12. The maximum absolute atomic E-state index is 5.90. The van der Waals surface area contributed by atoms with E-state index in [1.807, 2.05) is 0 Å². The van der Waals surface area contributed by atoms with E-state index in [2.05, 4.69) is 66.3 Å². The van der Waals surface area contributed by atoms with E-state index in [0.29, 0.717) is 6.54 Å². The Balaban J connectivity index is 2.23. The predicted octanol–water partition coefficient (Wildman–Crippen LogP) is 4.55. The molecular weight excluding hydrogens is 320 g/mol. The van der Waals surface area contributed by atoms with Gasteiger partial charge in [-0.3, -0.25) is 0 Å². The Morgan fingerprint density at radius 3 is 2.32 bits per heavy atom. The van der Waals surface area contributed by atoms with Crippen molar-refractivity contribution in [2.75, 3.05) is 11.9 Å². The maximum Gasteiger partial charge on any atom is 0.0728 e. The fourth-order valence-electron chi connectivity index (χ4n) is 2.12. The second-order valence-corrected chi connectivity index (χ2v) is 6.92. The van der Waals surface area contributed by atoms with E-state index < -0.39 is 0 Å². The zero-order valence-electron chi connectivity index (χ0n) is 11.5. The number of thiophene rings is 1. The number of hydrogen-bond acceptors (Lipinski definition) is 3. The minimum Gasteiger partial charge on any atom is -0.376 e. The van der Waals surface area contributed by atoms with Crippen LogP contribution in [-0.4, -0.2) is 6.54 Å². The van der Waals surface area contributed by atoms with Crippen molar-refractivity contribution in [3.05, 3.63) is 49.6 Å². The zero-order chi connectivity index (χ0) is 14.0. The summed E-state index contributed by atoms with van der Waals surface area (Å²) in [5, 5.41) is 3.53. The van der Waals surface area contributed by atoms with Gasteiger partial charge in [0.25, 0.3) is 0 Å². The molecule has 0 aliphatic rings. The fraction of sp³-hybridized carbons (Fsp3) is 0.333. The molecule has 0 fully saturated rings. The summed E-state index contributed by atoms with van der Waals surface area (Å²) < 4.78 is 1.18. The summed E-state index contributed by atoms with van der Waals surface area (Å²) >= 11 is 5.39. The van der Waals surface area contributed by atoms with Crippen molar-refractivity contribution in [1.29, 1.82) is 0 Å². The van der Waals surface area contributed by atoms with Crippen LogP contribution in [0.4, 0.5) is 5.69 Å². The molecule has 0 aliphatic carbocycles. The Morgan fingerprint density at radius 2 is 1.84 bits per heavy atom. The van der Waals surface area contributed by atoms with Gasteiger partial charge in [0.2, 0.25) is 0 Å². The monoisotopic (exact) mass is 338 g/mol. The molecule has 19 heavy (non-hydrogen) atoms. The van der Waals surface area contributed by atoms with E-state index in [1.54, 1.807) is 11.3 Å². The third-order valence-corrected chi connectivity index (χ3v) is 5.48. The van der Waals surface area contributed by atoms with Gasteiger partial charge in [0.1, 0.15) is 0 Å². The van der Waals surface area contributed by atoms with Gasteiger partial charge < -0.3 is 11.1 Å². The average molecular weight is 339 g/mol. The topological polar surface area (TPSA) is 38.0 Å². The molecule has 2 rings (SSSR count). The van der Waals surface area contributed by atoms with Crippen molar-refractivity contribution >= 4 is 33.0 Å². The minimum atomic E-state index is 0.179. The summed E-state index contributed by atoms with van der Waals surface area (Å²) in [5.74, 6) is 0. The Hall–Kier alpha value is -0.840. The van der Waals surface area contributed by atoms with E-state index in [4.69, 9.17) is 5.73 Å². The van der Waals surface area contributed by atoms with Crippen LogP contribution in [-0.2, 0) is 0 Å². The van der Waals surface area contributed by atoms with E-state index in [0.717, 1.165) is 5.69 Å². The molecular formula is C15H19BrN2S. The molecule has 2 nitrogen and oxygen atoms in total. The van der Waals surface area contributed by atoms with Crippen molar-refractivity contribution in [3.8, 4) is 0 Å². The molecule has 3 N–H and O–H groups in total. The van der Waals surface area contributed by atoms with E-state index in [-0.39, 0.29) is 6.04 Å². The predicted molar refractivity (Wildman–Crippen MR) is 88.1 cm³/mol. The second kappa shape index (κ2) is 6.07. The molecule has 0 saturated carbocycles. The van der Waals surface area contributed by atoms with Crippen LogP contribution in [0, 0.1) is 20.8 Å². The van der Waals surface area contributed by atoms with E-state index in [1.165, 1.54) is 25.4 Å². The first kappa shape index (κ1) is 14.6. The summed E-state index contributed by atoms with van der Waals surface area (Å²) in [4.78, 5) is 2.61. The second-order valence-electron chi connectivity index (χ2n) is 4.81. The normalized spacial score (nSPS) is 12.5. The van der Waals surface area contributed by atoms with Crippen molar-refractivity contribution in [2.24, 2.45) is 5.73 Å². The van der Waals surface area contributed by atoms with Gasteiger partial charge in [-0.1, -0.05) is 15.9 Å². The number of aryl methyl sites for hydroxylation is 3. The number of hydrogen-bond donors (Lipinski definition) is 2. The molecule has 0 spiro atoms. The molecule has 0 radical (unpaired) electrons. The Bertz CT molecular complexity index is 554. The van der Waals surface area contributed by atoms with E-state index in [9.17, 15) is 0 Å². The SMILES string of the molecule is Cc1ccc(C(CN)Nc2cc(C)c(Br)c(C)c2)s1. The van der Waals surface area contributed by atoms with Crippen LogP contribution in [0.1, 0.15) is 26.9 Å². The molecule has 1 heterocycles. The summed E-state index contributed by atoms with van der Waals surface area (Å²) in [7, 11) is 0. The number of benzene rings is 1. The number of nitrogens with two attached hydrogens (primary N) is 1. The molecule has 102 valence electrons. The van der Waals surface area contributed by atoms with Gasteiger partial charge in [0.05, 0.1) is 6.04 Å². The number of anilines is 1.